The summed E-state index contributed by atoms with van der Waals surface area (Å²) in [5.74, 6) is -0.363. The molecule has 1 heterocycles. The number of ether oxygens (including phenoxy) is 1. The fourth-order valence-electron chi connectivity index (χ4n) is 1.85. The number of carbonyl (C=O) groups is 1. The number of hydrogen-bond donors (Lipinski definition) is 2. The number of esters is 1. The van der Waals surface area contributed by atoms with Crippen molar-refractivity contribution in [2.45, 2.75) is 26.8 Å². The number of nitrogen functional groups attached to an aromatic ring is 1. The molecule has 0 aliphatic rings. The highest BCUT2D eigenvalue weighted by atomic mass is 16.5. The van der Waals surface area contributed by atoms with E-state index in [4.69, 9.17) is 10.5 Å². The molecule has 2 aromatic rings. The Morgan fingerprint density at radius 1 is 1.48 bits per heavy atom. The average Bonchev–Trinajstić information content (AvgIpc) is 2.90. The molecule has 0 fully saturated rings. The van der Waals surface area contributed by atoms with E-state index in [1.807, 2.05) is 24.7 Å². The van der Waals surface area contributed by atoms with Crippen LogP contribution in [0, 0.1) is 0 Å². The molecule has 0 atom stereocenters. The highest BCUT2D eigenvalue weighted by molar-refractivity contribution is 5.92. The third-order valence-corrected chi connectivity index (χ3v) is 2.97. The minimum absolute atomic E-state index is 0.281. The molecule has 2 rings (SSSR count). The van der Waals surface area contributed by atoms with Crippen molar-refractivity contribution in [2.75, 3.05) is 17.7 Å². The minimum atomic E-state index is -0.363. The van der Waals surface area contributed by atoms with Crippen LogP contribution in [0.4, 0.5) is 17.1 Å². The molecule has 112 valence electrons. The number of nitrogens with two attached hydrogens (primary N) is 1. The predicted octanol–water partition coefficient (Wildman–Crippen LogP) is 2.97. The molecule has 0 bridgehead atoms. The first kappa shape index (κ1) is 14.9. The van der Waals surface area contributed by atoms with Crippen LogP contribution in [0.25, 0.3) is 0 Å². The Morgan fingerprint density at radius 3 is 2.86 bits per heavy atom. The Hall–Kier alpha value is -2.50. The maximum absolute atomic E-state index is 11.7. The molecule has 0 amide bonds. The largest absolute Gasteiger partial charge is 0.462 e. The SMILES string of the molecule is CCOC(=O)c1ccc(N)c(Nc2cnn(C(C)C)c2)c1. The normalized spacial score (nSPS) is 10.7. The number of rotatable bonds is 5. The molecule has 1 aromatic heterocycles. The molecule has 0 aliphatic heterocycles. The van der Waals surface area contributed by atoms with E-state index in [2.05, 4.69) is 10.4 Å². The summed E-state index contributed by atoms with van der Waals surface area (Å²) in [6.45, 7) is 6.21. The van der Waals surface area contributed by atoms with Gasteiger partial charge in [0.05, 0.1) is 35.4 Å². The summed E-state index contributed by atoms with van der Waals surface area (Å²) in [5.41, 5.74) is 8.43. The number of anilines is 3. The van der Waals surface area contributed by atoms with Gasteiger partial charge in [-0.2, -0.15) is 5.10 Å². The lowest BCUT2D eigenvalue weighted by atomic mass is 10.1. The molecule has 0 unspecified atom stereocenters. The maximum Gasteiger partial charge on any atom is 0.338 e. The second-order valence-electron chi connectivity index (χ2n) is 4.95. The molecule has 0 spiro atoms. The van der Waals surface area contributed by atoms with Crippen LogP contribution in [-0.4, -0.2) is 22.4 Å². The van der Waals surface area contributed by atoms with E-state index in [9.17, 15) is 4.79 Å². The van der Waals surface area contributed by atoms with Crippen molar-refractivity contribution in [1.82, 2.24) is 9.78 Å². The van der Waals surface area contributed by atoms with Crippen LogP contribution in [0.2, 0.25) is 0 Å². The van der Waals surface area contributed by atoms with Gasteiger partial charge in [-0.15, -0.1) is 0 Å². The summed E-state index contributed by atoms with van der Waals surface area (Å²) in [6.07, 6.45) is 3.61. The van der Waals surface area contributed by atoms with Crippen molar-refractivity contribution in [2.24, 2.45) is 0 Å². The van der Waals surface area contributed by atoms with Gasteiger partial charge in [-0.3, -0.25) is 4.68 Å². The molecule has 6 heteroatoms. The van der Waals surface area contributed by atoms with Crippen molar-refractivity contribution >= 4 is 23.0 Å². The smallest absolute Gasteiger partial charge is 0.338 e. The van der Waals surface area contributed by atoms with Crippen LogP contribution < -0.4 is 11.1 Å². The molecule has 1 aromatic carbocycles. The molecule has 3 N–H and O–H groups in total. The number of nitrogens with zero attached hydrogens (tertiary/aromatic N) is 2. The lowest BCUT2D eigenvalue weighted by Crippen LogP contribution is -2.06. The van der Waals surface area contributed by atoms with Gasteiger partial charge in [-0.25, -0.2) is 4.79 Å². The fourth-order valence-corrected chi connectivity index (χ4v) is 1.85. The fraction of sp³-hybridized carbons (Fsp3) is 0.333. The second-order valence-corrected chi connectivity index (χ2v) is 4.95. The van der Waals surface area contributed by atoms with Crippen molar-refractivity contribution in [1.29, 1.82) is 0 Å². The quantitative estimate of drug-likeness (QED) is 0.653. The van der Waals surface area contributed by atoms with Crippen LogP contribution in [-0.2, 0) is 4.74 Å². The van der Waals surface area contributed by atoms with Crippen LogP contribution in [0.3, 0.4) is 0 Å². The number of aromatic nitrogens is 2. The lowest BCUT2D eigenvalue weighted by Gasteiger charge is -2.10. The topological polar surface area (TPSA) is 82.2 Å². The second kappa shape index (κ2) is 6.30. The third-order valence-electron chi connectivity index (χ3n) is 2.97. The first-order valence-corrected chi connectivity index (χ1v) is 6.89. The third kappa shape index (κ3) is 3.53. The first-order valence-electron chi connectivity index (χ1n) is 6.89. The highest BCUT2D eigenvalue weighted by Gasteiger charge is 2.10. The van der Waals surface area contributed by atoms with Gasteiger partial charge in [0.25, 0.3) is 0 Å². The summed E-state index contributed by atoms with van der Waals surface area (Å²) in [5, 5.41) is 7.42. The number of hydrogen-bond acceptors (Lipinski definition) is 5. The molecule has 6 nitrogen and oxygen atoms in total. The standard InChI is InChI=1S/C15H20N4O2/c1-4-21-15(20)11-5-6-13(16)14(7-11)18-12-8-17-19(9-12)10(2)3/h5-10,18H,4,16H2,1-3H3. The van der Waals surface area contributed by atoms with Gasteiger partial charge < -0.3 is 15.8 Å². The first-order chi connectivity index (χ1) is 10.0. The van der Waals surface area contributed by atoms with Gasteiger partial charge in [0.15, 0.2) is 0 Å². The van der Waals surface area contributed by atoms with Crippen molar-refractivity contribution in [3.63, 3.8) is 0 Å². The zero-order chi connectivity index (χ0) is 15.4. The van der Waals surface area contributed by atoms with E-state index >= 15 is 0 Å². The van der Waals surface area contributed by atoms with Gasteiger partial charge >= 0.3 is 5.97 Å². The predicted molar refractivity (Wildman–Crippen MR) is 82.7 cm³/mol. The van der Waals surface area contributed by atoms with Gasteiger partial charge in [-0.05, 0) is 39.0 Å². The van der Waals surface area contributed by atoms with Gasteiger partial charge in [0.1, 0.15) is 0 Å². The van der Waals surface area contributed by atoms with Crippen LogP contribution in [0.1, 0.15) is 37.2 Å². The molecule has 21 heavy (non-hydrogen) atoms. The Labute approximate surface area is 123 Å². The number of benzene rings is 1. The van der Waals surface area contributed by atoms with Crippen LogP contribution in [0.15, 0.2) is 30.6 Å². The number of nitrogens with one attached hydrogen (secondary N) is 1. The summed E-state index contributed by atoms with van der Waals surface area (Å²) in [4.78, 5) is 11.7. The summed E-state index contributed by atoms with van der Waals surface area (Å²) in [7, 11) is 0. The molecule has 0 aliphatic carbocycles. The monoisotopic (exact) mass is 288 g/mol. The number of carbonyl (C=O) groups excluding carboxylic acids is 1. The van der Waals surface area contributed by atoms with Gasteiger partial charge in [-0.1, -0.05) is 0 Å². The van der Waals surface area contributed by atoms with Crippen molar-refractivity contribution < 1.29 is 9.53 Å². The van der Waals surface area contributed by atoms with Crippen LogP contribution >= 0.6 is 0 Å². The maximum atomic E-state index is 11.7. The average molecular weight is 288 g/mol. The Kier molecular flexibility index (Phi) is 4.47. The molecular formula is C15H20N4O2. The zero-order valence-corrected chi connectivity index (χ0v) is 12.5. The Balaban J connectivity index is 2.22. The summed E-state index contributed by atoms with van der Waals surface area (Å²) < 4.78 is 6.83. The van der Waals surface area contributed by atoms with E-state index in [0.29, 0.717) is 23.5 Å². The lowest BCUT2D eigenvalue weighted by molar-refractivity contribution is 0.0526. The Bertz CT molecular complexity index is 634. The Morgan fingerprint density at radius 2 is 2.24 bits per heavy atom. The van der Waals surface area contributed by atoms with E-state index in [0.717, 1.165) is 5.69 Å². The summed E-state index contributed by atoms with van der Waals surface area (Å²) in [6, 6.07) is 5.29. The molecular weight excluding hydrogens is 268 g/mol. The van der Waals surface area contributed by atoms with Crippen molar-refractivity contribution in [3.8, 4) is 0 Å². The van der Waals surface area contributed by atoms with Gasteiger partial charge in [0, 0.05) is 12.2 Å². The molecule has 0 radical (unpaired) electrons. The van der Waals surface area contributed by atoms with E-state index < -0.39 is 0 Å². The summed E-state index contributed by atoms with van der Waals surface area (Å²) >= 11 is 0. The van der Waals surface area contributed by atoms with E-state index in [1.54, 1.807) is 31.3 Å². The van der Waals surface area contributed by atoms with E-state index in [-0.39, 0.29) is 12.0 Å². The van der Waals surface area contributed by atoms with Gasteiger partial charge in [0.2, 0.25) is 0 Å². The molecule has 0 saturated carbocycles. The van der Waals surface area contributed by atoms with Crippen molar-refractivity contribution in [3.05, 3.63) is 36.2 Å². The highest BCUT2D eigenvalue weighted by Crippen LogP contribution is 2.25. The van der Waals surface area contributed by atoms with Crippen LogP contribution in [0.5, 0.6) is 0 Å². The molecule has 0 saturated heterocycles. The minimum Gasteiger partial charge on any atom is -0.462 e. The zero-order valence-electron chi connectivity index (χ0n) is 12.5. The van der Waals surface area contributed by atoms with E-state index in [1.165, 1.54) is 0 Å².